The average Bonchev–Trinajstić information content (AvgIpc) is 2.99. The van der Waals surface area contributed by atoms with Gasteiger partial charge >= 0.3 is 21.1 Å². The third-order valence-corrected chi connectivity index (χ3v) is 6.62. The van der Waals surface area contributed by atoms with Crippen LogP contribution in [0.4, 0.5) is 5.82 Å². The van der Waals surface area contributed by atoms with Gasteiger partial charge in [-0.2, -0.15) is 4.98 Å². The molecule has 176 valence electrons. The fourth-order valence-electron chi connectivity index (χ4n) is 2.97. The number of benzene rings is 1. The van der Waals surface area contributed by atoms with Gasteiger partial charge in [0.2, 0.25) is 0 Å². The Morgan fingerprint density at radius 2 is 1.78 bits per heavy atom. The lowest BCUT2D eigenvalue weighted by atomic mass is 10.1. The summed E-state index contributed by atoms with van der Waals surface area (Å²) in [6, 6.07) is 8.29. The Hall–Kier alpha value is -1.96. The van der Waals surface area contributed by atoms with E-state index in [1.165, 1.54) is 36.5 Å². The number of aliphatic hydroxyl groups excluding tert-OH is 2. The molecule has 1 aliphatic heterocycles. The topological polar surface area (TPSA) is 224 Å². The van der Waals surface area contributed by atoms with Crippen LogP contribution in [0.15, 0.2) is 47.4 Å². The number of phosphoric ester groups is 1. The molecule has 0 radical (unpaired) electrons. The molecule has 2 unspecified atom stereocenters. The van der Waals surface area contributed by atoms with Crippen molar-refractivity contribution in [2.75, 3.05) is 12.3 Å². The van der Waals surface area contributed by atoms with Crippen molar-refractivity contribution in [2.45, 2.75) is 30.4 Å². The zero-order valence-electron chi connectivity index (χ0n) is 16.2. The number of nitrogens with two attached hydrogens (primary N) is 1. The Balaban J connectivity index is 1.70. The molecule has 0 spiro atoms. The fourth-order valence-corrected chi connectivity index (χ4v) is 5.15. The molecule has 0 amide bonds. The van der Waals surface area contributed by atoms with Crippen LogP contribution in [-0.2, 0) is 22.9 Å². The van der Waals surface area contributed by atoms with Crippen LogP contribution in [0, 0.1) is 0 Å². The minimum absolute atomic E-state index is 0.0680. The van der Waals surface area contributed by atoms with E-state index in [9.17, 15) is 38.8 Å². The van der Waals surface area contributed by atoms with Gasteiger partial charge in [-0.05, 0) is 11.6 Å². The Kier molecular flexibility index (Phi) is 7.32. The van der Waals surface area contributed by atoms with Gasteiger partial charge in [0.05, 0.1) is 6.61 Å². The molecule has 1 aromatic carbocycles. The van der Waals surface area contributed by atoms with Crippen molar-refractivity contribution in [3.05, 3.63) is 58.6 Å². The molecular weight excluding hydrogens is 472 g/mol. The first-order valence-corrected chi connectivity index (χ1v) is 12.2. The van der Waals surface area contributed by atoms with Crippen molar-refractivity contribution in [3.8, 4) is 0 Å². The van der Waals surface area contributed by atoms with Gasteiger partial charge < -0.3 is 35.4 Å². The summed E-state index contributed by atoms with van der Waals surface area (Å²) in [7, 11) is -10.1. The Morgan fingerprint density at radius 3 is 2.38 bits per heavy atom. The van der Waals surface area contributed by atoms with E-state index >= 15 is 0 Å². The van der Waals surface area contributed by atoms with E-state index in [0.29, 0.717) is 0 Å². The fraction of sp³-hybridized carbons (Fsp3) is 0.375. The van der Waals surface area contributed by atoms with Crippen molar-refractivity contribution in [2.24, 2.45) is 0 Å². The number of phosphoric acid groups is 1. The van der Waals surface area contributed by atoms with Crippen molar-refractivity contribution >= 4 is 21.2 Å². The average molecular weight is 493 g/mol. The lowest BCUT2D eigenvalue weighted by molar-refractivity contribution is -0.0556. The van der Waals surface area contributed by atoms with Crippen LogP contribution in [0.5, 0.6) is 0 Å². The molecule has 16 heteroatoms. The molecule has 6 atom stereocenters. The zero-order chi connectivity index (χ0) is 23.7. The highest BCUT2D eigenvalue weighted by Gasteiger charge is 2.46. The molecule has 0 saturated carbocycles. The summed E-state index contributed by atoms with van der Waals surface area (Å²) < 4.78 is 39.7. The molecule has 2 aromatic rings. The van der Waals surface area contributed by atoms with Gasteiger partial charge in [0, 0.05) is 6.20 Å². The van der Waals surface area contributed by atoms with Crippen LogP contribution < -0.4 is 11.4 Å². The summed E-state index contributed by atoms with van der Waals surface area (Å²) in [4.78, 5) is 44.4. The lowest BCUT2D eigenvalue weighted by Gasteiger charge is -2.23. The van der Waals surface area contributed by atoms with E-state index in [1.807, 2.05) is 0 Å². The number of hydrogen-bond acceptors (Lipinski definition) is 10. The number of anilines is 1. The SMILES string of the molecule is Nc1ccn([C@@H]2O[C@H](COP(=O)(O)OC(c3ccccc3)P(=O)(O)O)[C@@H](O)[C@H]2O)c(=O)n1. The Morgan fingerprint density at radius 1 is 1.12 bits per heavy atom. The first kappa shape index (κ1) is 24.7. The Labute approximate surface area is 180 Å². The quantitative estimate of drug-likeness (QED) is 0.254. The van der Waals surface area contributed by atoms with Gasteiger partial charge in [-0.25, -0.2) is 9.36 Å². The highest BCUT2D eigenvalue weighted by Crippen LogP contribution is 2.60. The summed E-state index contributed by atoms with van der Waals surface area (Å²) in [6.07, 6.45) is -4.88. The van der Waals surface area contributed by atoms with Gasteiger partial charge in [-0.3, -0.25) is 18.2 Å². The summed E-state index contributed by atoms with van der Waals surface area (Å²) in [5.74, 6) is -2.16. The number of aliphatic hydroxyl groups is 2. The molecule has 3 rings (SSSR count). The normalized spacial score (nSPS) is 26.5. The molecule has 32 heavy (non-hydrogen) atoms. The summed E-state index contributed by atoms with van der Waals surface area (Å²) in [5, 5.41) is 20.4. The second-order valence-corrected chi connectivity index (χ2v) is 9.86. The van der Waals surface area contributed by atoms with E-state index in [4.69, 9.17) is 19.5 Å². The smallest absolute Gasteiger partial charge is 0.387 e. The van der Waals surface area contributed by atoms with Crippen molar-refractivity contribution in [1.82, 2.24) is 9.55 Å². The Bertz CT molecular complexity index is 1090. The van der Waals surface area contributed by atoms with Gasteiger partial charge in [0.15, 0.2) is 12.1 Å². The summed E-state index contributed by atoms with van der Waals surface area (Å²) >= 11 is 0. The second kappa shape index (κ2) is 9.49. The standard InChI is InChI=1S/C16H21N3O11P2/c17-11-6-7-19(16(22)18-11)14-13(21)12(20)10(29-14)8-28-32(26,27)30-15(31(23,24)25)9-4-2-1-3-5-9/h1-7,10,12-15,20-21H,8H2,(H,26,27)(H2,17,18,22)(H2,23,24,25)/t10-,12-,13-,14-,15?/m1/s1. The number of aromatic nitrogens is 2. The molecule has 0 bridgehead atoms. The first-order valence-electron chi connectivity index (χ1n) is 9.01. The summed E-state index contributed by atoms with van der Waals surface area (Å²) in [5.41, 5.74) is 4.46. The van der Waals surface area contributed by atoms with Gasteiger partial charge in [-0.1, -0.05) is 30.3 Å². The van der Waals surface area contributed by atoms with Crippen LogP contribution in [0.25, 0.3) is 0 Å². The number of hydrogen-bond donors (Lipinski definition) is 6. The largest absolute Gasteiger partial charge is 0.473 e. The van der Waals surface area contributed by atoms with E-state index in [2.05, 4.69) is 4.98 Å². The van der Waals surface area contributed by atoms with Crippen LogP contribution in [0.1, 0.15) is 17.6 Å². The minimum atomic E-state index is -5.08. The van der Waals surface area contributed by atoms with E-state index in [0.717, 1.165) is 4.57 Å². The van der Waals surface area contributed by atoms with E-state index < -0.39 is 58.1 Å². The molecular formula is C16H21N3O11P2. The van der Waals surface area contributed by atoms with Crippen molar-refractivity contribution in [3.63, 3.8) is 0 Å². The predicted octanol–water partition coefficient (Wildman–Crippen LogP) is -0.545. The van der Waals surface area contributed by atoms with E-state index in [-0.39, 0.29) is 11.4 Å². The molecule has 1 aromatic heterocycles. The molecule has 1 saturated heterocycles. The number of rotatable bonds is 8. The van der Waals surface area contributed by atoms with Crippen molar-refractivity contribution < 1.29 is 47.8 Å². The number of ether oxygens (including phenoxy) is 1. The minimum Gasteiger partial charge on any atom is -0.387 e. The molecule has 2 heterocycles. The summed E-state index contributed by atoms with van der Waals surface area (Å²) in [6.45, 7) is -0.817. The monoisotopic (exact) mass is 493 g/mol. The zero-order valence-corrected chi connectivity index (χ0v) is 18.0. The third kappa shape index (κ3) is 5.69. The van der Waals surface area contributed by atoms with Crippen LogP contribution in [0.2, 0.25) is 0 Å². The number of nitrogen functional groups attached to an aromatic ring is 1. The van der Waals surface area contributed by atoms with Crippen LogP contribution in [0.3, 0.4) is 0 Å². The number of nitrogens with zero attached hydrogens (tertiary/aromatic N) is 2. The van der Waals surface area contributed by atoms with E-state index in [1.54, 1.807) is 6.07 Å². The second-order valence-electron chi connectivity index (χ2n) is 6.81. The van der Waals surface area contributed by atoms with Gasteiger partial charge in [0.25, 0.3) is 0 Å². The van der Waals surface area contributed by atoms with Gasteiger partial charge in [0.1, 0.15) is 24.1 Å². The maximum absolute atomic E-state index is 12.3. The highest BCUT2D eigenvalue weighted by molar-refractivity contribution is 7.53. The molecule has 7 N–H and O–H groups in total. The predicted molar refractivity (Wildman–Crippen MR) is 107 cm³/mol. The highest BCUT2D eigenvalue weighted by atomic mass is 31.2. The maximum Gasteiger partial charge on any atom is 0.473 e. The van der Waals surface area contributed by atoms with Crippen molar-refractivity contribution in [1.29, 1.82) is 0 Å². The van der Waals surface area contributed by atoms with Crippen LogP contribution >= 0.6 is 15.4 Å². The van der Waals surface area contributed by atoms with Gasteiger partial charge in [-0.15, -0.1) is 0 Å². The molecule has 0 aliphatic carbocycles. The lowest BCUT2D eigenvalue weighted by Crippen LogP contribution is -2.36. The molecule has 14 nitrogen and oxygen atoms in total. The molecule has 1 aliphatic rings. The maximum atomic E-state index is 12.3. The van der Waals surface area contributed by atoms with Crippen LogP contribution in [-0.4, -0.2) is 59.4 Å². The first-order chi connectivity index (χ1) is 14.9. The molecule has 1 fully saturated rings. The third-order valence-electron chi connectivity index (χ3n) is 4.49.